The van der Waals surface area contributed by atoms with Gasteiger partial charge in [-0.2, -0.15) is 0 Å². The molecule has 1 heterocycles. The smallest absolute Gasteiger partial charge is 0.0892 e. The minimum Gasteiger partial charge on any atom is -0.387 e. The van der Waals surface area contributed by atoms with Crippen LogP contribution in [0.4, 0.5) is 0 Å². The molecule has 0 aromatic rings. The number of nitrogens with one attached hydrogen (secondary N) is 1. The van der Waals surface area contributed by atoms with E-state index in [0.29, 0.717) is 0 Å². The Hall–Kier alpha value is 0.210. The van der Waals surface area contributed by atoms with E-state index in [1.54, 1.807) is 0 Å². The second-order valence-corrected chi connectivity index (χ2v) is 2.46. The highest BCUT2D eigenvalue weighted by molar-refractivity contribution is 5.85. The van der Waals surface area contributed by atoms with Gasteiger partial charge in [-0.15, -0.1) is 12.4 Å². The van der Waals surface area contributed by atoms with Crippen LogP contribution in [-0.2, 0) is 0 Å². The number of β-amino-alcohol motifs (C(OH)–C–C–N with tert-alkyl or cyclic N) is 1. The van der Waals surface area contributed by atoms with E-state index in [1.165, 1.54) is 0 Å². The first-order valence-corrected chi connectivity index (χ1v) is 2.59. The predicted octanol–water partition coefficient (Wildman–Crippen LogP) is 0.151. The van der Waals surface area contributed by atoms with Crippen molar-refractivity contribution in [1.29, 1.82) is 0 Å². The average molecular weight is 138 g/mol. The lowest BCUT2D eigenvalue weighted by atomic mass is 9.90. The number of hydrogen-bond donors (Lipinski definition) is 2. The molecule has 1 aliphatic rings. The third-order valence-corrected chi connectivity index (χ3v) is 1.70. The summed E-state index contributed by atoms with van der Waals surface area (Å²) in [6.07, 6.45) is 0. The fraction of sp³-hybridized carbons (Fsp3) is 1.00. The van der Waals surface area contributed by atoms with E-state index < -0.39 is 5.60 Å². The van der Waals surface area contributed by atoms with E-state index in [-0.39, 0.29) is 18.4 Å². The summed E-state index contributed by atoms with van der Waals surface area (Å²) in [7, 11) is 0. The largest absolute Gasteiger partial charge is 0.387 e. The summed E-state index contributed by atoms with van der Waals surface area (Å²) in [5, 5.41) is 12.2. The molecule has 2 nitrogen and oxygen atoms in total. The van der Waals surface area contributed by atoms with E-state index in [2.05, 4.69) is 5.32 Å². The highest BCUT2D eigenvalue weighted by atomic mass is 35.5. The van der Waals surface area contributed by atoms with Gasteiger partial charge in [0.25, 0.3) is 0 Å². The Labute approximate surface area is 55.7 Å². The summed E-state index contributed by atoms with van der Waals surface area (Å²) in [4.78, 5) is 0. The third kappa shape index (κ3) is 1.13. The monoisotopic (exact) mass is 137 g/mol. The molecule has 8 heavy (non-hydrogen) atoms. The van der Waals surface area contributed by atoms with Gasteiger partial charge in [0.15, 0.2) is 0 Å². The van der Waals surface area contributed by atoms with Crippen molar-refractivity contribution in [3.05, 3.63) is 0 Å². The number of halogens is 1. The maximum absolute atomic E-state index is 9.12. The average Bonchev–Trinajstić information content (AvgIpc) is 1.63. The van der Waals surface area contributed by atoms with E-state index in [1.807, 2.05) is 13.8 Å². The Balaban J connectivity index is 0.000000490. The molecule has 0 radical (unpaired) electrons. The zero-order valence-electron chi connectivity index (χ0n) is 5.14. The van der Waals surface area contributed by atoms with Gasteiger partial charge in [0, 0.05) is 12.6 Å². The molecule has 0 spiro atoms. The summed E-state index contributed by atoms with van der Waals surface area (Å²) in [6, 6.07) is 0.285. The van der Waals surface area contributed by atoms with Crippen LogP contribution in [-0.4, -0.2) is 23.3 Å². The Morgan fingerprint density at radius 2 is 2.12 bits per heavy atom. The molecule has 50 valence electrons. The van der Waals surface area contributed by atoms with Crippen LogP contribution < -0.4 is 5.32 Å². The van der Waals surface area contributed by atoms with Crippen molar-refractivity contribution in [2.75, 3.05) is 6.54 Å². The molecule has 3 heteroatoms. The highest BCUT2D eigenvalue weighted by Crippen LogP contribution is 2.16. The van der Waals surface area contributed by atoms with E-state index in [4.69, 9.17) is 5.11 Å². The van der Waals surface area contributed by atoms with Crippen LogP contribution in [0.1, 0.15) is 13.8 Å². The second-order valence-electron chi connectivity index (χ2n) is 2.46. The minimum atomic E-state index is -0.431. The normalized spacial score (nSPS) is 44.6. The number of rotatable bonds is 0. The van der Waals surface area contributed by atoms with Gasteiger partial charge < -0.3 is 10.4 Å². The molecule has 1 rings (SSSR count). The van der Waals surface area contributed by atoms with Gasteiger partial charge in [0.2, 0.25) is 0 Å². The topological polar surface area (TPSA) is 32.3 Å². The first kappa shape index (κ1) is 8.21. The third-order valence-electron chi connectivity index (χ3n) is 1.70. The van der Waals surface area contributed by atoms with Gasteiger partial charge in [0.1, 0.15) is 0 Å². The molecule has 0 aromatic carbocycles. The molecule has 0 amide bonds. The van der Waals surface area contributed by atoms with Gasteiger partial charge >= 0.3 is 0 Å². The van der Waals surface area contributed by atoms with Crippen molar-refractivity contribution in [3.63, 3.8) is 0 Å². The van der Waals surface area contributed by atoms with Crippen LogP contribution in [0.5, 0.6) is 0 Å². The van der Waals surface area contributed by atoms with Crippen LogP contribution >= 0.6 is 12.4 Å². The number of hydrogen-bond acceptors (Lipinski definition) is 2. The molecule has 1 saturated heterocycles. The van der Waals surface area contributed by atoms with Crippen molar-refractivity contribution in [3.8, 4) is 0 Å². The molecule has 2 atom stereocenters. The fourth-order valence-electron chi connectivity index (χ4n) is 0.602. The molecule has 1 aliphatic heterocycles. The van der Waals surface area contributed by atoms with Crippen molar-refractivity contribution >= 4 is 12.4 Å². The van der Waals surface area contributed by atoms with Crippen LogP contribution in [0, 0.1) is 0 Å². The Morgan fingerprint density at radius 1 is 1.75 bits per heavy atom. The van der Waals surface area contributed by atoms with Gasteiger partial charge in [-0.05, 0) is 13.8 Å². The molecule has 0 bridgehead atoms. The first-order valence-electron chi connectivity index (χ1n) is 2.59. The maximum Gasteiger partial charge on any atom is 0.0892 e. The van der Waals surface area contributed by atoms with Gasteiger partial charge in [-0.3, -0.25) is 0 Å². The summed E-state index contributed by atoms with van der Waals surface area (Å²) in [5.74, 6) is 0. The van der Waals surface area contributed by atoms with Gasteiger partial charge in [0.05, 0.1) is 5.60 Å². The van der Waals surface area contributed by atoms with Crippen LogP contribution in [0.25, 0.3) is 0 Å². The summed E-state index contributed by atoms with van der Waals surface area (Å²) >= 11 is 0. The Morgan fingerprint density at radius 3 is 2.12 bits per heavy atom. The molecule has 1 fully saturated rings. The summed E-state index contributed by atoms with van der Waals surface area (Å²) in [6.45, 7) is 4.56. The van der Waals surface area contributed by atoms with E-state index >= 15 is 0 Å². The second kappa shape index (κ2) is 2.21. The lowest BCUT2D eigenvalue weighted by Crippen LogP contribution is -2.64. The lowest BCUT2D eigenvalue weighted by Gasteiger charge is -2.41. The number of aliphatic hydroxyl groups is 1. The molecule has 0 aromatic heterocycles. The van der Waals surface area contributed by atoms with Crippen LogP contribution in [0.15, 0.2) is 0 Å². The molecule has 0 unspecified atom stereocenters. The quantitative estimate of drug-likeness (QED) is 0.498. The Bertz CT molecular complexity index is 84.5. The molecular formula is C5H12ClNO. The molecule has 0 aliphatic carbocycles. The lowest BCUT2D eigenvalue weighted by molar-refractivity contribution is -0.0335. The zero-order valence-corrected chi connectivity index (χ0v) is 5.96. The van der Waals surface area contributed by atoms with E-state index in [9.17, 15) is 0 Å². The van der Waals surface area contributed by atoms with Crippen molar-refractivity contribution in [2.45, 2.75) is 25.5 Å². The zero-order chi connectivity index (χ0) is 5.49. The van der Waals surface area contributed by atoms with E-state index in [0.717, 1.165) is 6.54 Å². The predicted molar refractivity (Wildman–Crippen MR) is 35.3 cm³/mol. The summed E-state index contributed by atoms with van der Waals surface area (Å²) < 4.78 is 0. The molecular weight excluding hydrogens is 126 g/mol. The Kier molecular flexibility index (Phi) is 2.27. The minimum absolute atomic E-state index is 0. The van der Waals surface area contributed by atoms with Crippen LogP contribution in [0.3, 0.4) is 0 Å². The fourth-order valence-corrected chi connectivity index (χ4v) is 0.602. The molecule has 2 N–H and O–H groups in total. The summed E-state index contributed by atoms with van der Waals surface area (Å²) in [5.41, 5.74) is -0.431. The van der Waals surface area contributed by atoms with Gasteiger partial charge in [-0.1, -0.05) is 0 Å². The molecule has 0 saturated carbocycles. The standard InChI is InChI=1S/C5H11NO.ClH/c1-4-5(2,7)3-6-4;/h4,6-7H,3H2,1-2H3;1H/t4-,5+;/m0./s1. The van der Waals surface area contributed by atoms with Crippen LogP contribution in [0.2, 0.25) is 0 Å². The maximum atomic E-state index is 9.12. The highest BCUT2D eigenvalue weighted by Gasteiger charge is 2.36. The SMILES string of the molecule is C[C@@H]1NC[C@@]1(C)O.Cl. The van der Waals surface area contributed by atoms with Crippen molar-refractivity contribution < 1.29 is 5.11 Å². The first-order chi connectivity index (χ1) is 3.13. The van der Waals surface area contributed by atoms with Crippen molar-refractivity contribution in [2.24, 2.45) is 0 Å². The van der Waals surface area contributed by atoms with Gasteiger partial charge in [-0.25, -0.2) is 0 Å². The van der Waals surface area contributed by atoms with Crippen molar-refractivity contribution in [1.82, 2.24) is 5.32 Å².